The van der Waals surface area contributed by atoms with Gasteiger partial charge in [0.1, 0.15) is 0 Å². The first kappa shape index (κ1) is 71.2. The maximum atomic E-state index is 12.7. The van der Waals surface area contributed by atoms with Crippen LogP contribution < -0.4 is 5.32 Å². The van der Waals surface area contributed by atoms with Gasteiger partial charge in [-0.3, -0.25) is 14.4 Å². The third-order valence-corrected chi connectivity index (χ3v) is 13.7. The summed E-state index contributed by atoms with van der Waals surface area (Å²) in [5.74, 6) is -0.445. The summed E-state index contributed by atoms with van der Waals surface area (Å²) >= 11 is 0. The van der Waals surface area contributed by atoms with Crippen molar-refractivity contribution in [3.05, 3.63) is 0 Å². The van der Waals surface area contributed by atoms with Crippen LogP contribution >= 0.6 is 0 Å². The van der Waals surface area contributed by atoms with Gasteiger partial charge < -0.3 is 43.5 Å². The normalized spacial score (nSPS) is 11.6. The van der Waals surface area contributed by atoms with E-state index in [1.165, 1.54) is 141 Å². The number of hydrogen-bond acceptors (Lipinski definition) is 12. The molecule has 0 rings (SSSR count). The first-order valence-electron chi connectivity index (χ1n) is 31.2. The number of nitrogens with zero attached hydrogens (tertiary/aromatic N) is 2. The van der Waals surface area contributed by atoms with E-state index in [0.29, 0.717) is 58.7 Å². The fourth-order valence-electron chi connectivity index (χ4n) is 8.84. The fraction of sp³-hybridized carbons (Fsp3) is 0.951. The summed E-state index contributed by atoms with van der Waals surface area (Å²) in [6.45, 7) is 18.8. The van der Waals surface area contributed by atoms with Gasteiger partial charge >= 0.3 is 17.9 Å². The minimum Gasteiger partial charge on any atom is -0.466 e. The van der Waals surface area contributed by atoms with Crippen molar-refractivity contribution >= 4 is 17.9 Å². The lowest BCUT2D eigenvalue weighted by atomic mass is 10.1. The van der Waals surface area contributed by atoms with E-state index in [4.69, 9.17) is 28.4 Å². The summed E-state index contributed by atoms with van der Waals surface area (Å²) in [5, 5.41) is 3.40. The van der Waals surface area contributed by atoms with Crippen LogP contribution in [0, 0.1) is 0 Å². The van der Waals surface area contributed by atoms with Gasteiger partial charge in [-0.1, -0.05) is 175 Å². The SMILES string of the molecule is CCCCCCCOCCCCCCCCOC(=O)CCNCCCN(C)CCCN(CCC(=O)OCCCCCCCCOCCCCCCC)CCC(=O)OCCCCCCCCOCCCCCCC. The Labute approximate surface area is 451 Å². The van der Waals surface area contributed by atoms with Crippen LogP contribution in [0.2, 0.25) is 0 Å². The largest absolute Gasteiger partial charge is 0.466 e. The van der Waals surface area contributed by atoms with E-state index >= 15 is 0 Å². The second kappa shape index (κ2) is 61.0. The molecular weight excluding hydrogens is 919 g/mol. The standard InChI is InChI=1S/C61H121N3O9/c1-5-8-11-20-29-50-68-53-32-23-14-17-26-35-56-71-59(65)40-44-62-43-38-45-63(4)46-39-47-64(48-41-60(66)72-57-36-27-18-15-24-33-54-69-51-30-21-12-9-6-2)49-42-61(67)73-58-37-28-19-16-25-34-55-70-52-31-22-13-10-7-3/h62H,5-58H2,1-4H3. The molecule has 0 aromatic carbocycles. The van der Waals surface area contributed by atoms with E-state index < -0.39 is 0 Å². The molecule has 0 aliphatic heterocycles. The van der Waals surface area contributed by atoms with Gasteiger partial charge in [0.15, 0.2) is 0 Å². The molecular formula is C61H121N3O9. The minimum absolute atomic E-state index is 0.120. The zero-order chi connectivity index (χ0) is 53.0. The molecule has 0 aromatic rings. The number of esters is 3. The highest BCUT2D eigenvalue weighted by molar-refractivity contribution is 5.70. The maximum Gasteiger partial charge on any atom is 0.307 e. The van der Waals surface area contributed by atoms with Gasteiger partial charge in [-0.2, -0.15) is 0 Å². The Morgan fingerprint density at radius 2 is 0.589 bits per heavy atom. The van der Waals surface area contributed by atoms with Gasteiger partial charge in [0, 0.05) is 59.3 Å². The molecule has 0 spiro atoms. The number of carbonyl (C=O) groups excluding carboxylic acids is 3. The smallest absolute Gasteiger partial charge is 0.307 e. The van der Waals surface area contributed by atoms with Crippen molar-refractivity contribution in [3.8, 4) is 0 Å². The van der Waals surface area contributed by atoms with Crippen LogP contribution in [0.15, 0.2) is 0 Å². The molecule has 0 aliphatic carbocycles. The number of nitrogens with one attached hydrogen (secondary N) is 1. The molecule has 1 N–H and O–H groups in total. The number of unbranched alkanes of at least 4 members (excludes halogenated alkanes) is 27. The average molecular weight is 1040 g/mol. The molecule has 0 bridgehead atoms. The Bertz CT molecular complexity index is 1080. The fourth-order valence-corrected chi connectivity index (χ4v) is 8.84. The molecule has 0 saturated heterocycles. The molecule has 0 aliphatic rings. The van der Waals surface area contributed by atoms with Gasteiger partial charge in [-0.05, 0) is 104 Å². The highest BCUT2D eigenvalue weighted by atomic mass is 16.5. The van der Waals surface area contributed by atoms with Crippen molar-refractivity contribution in [2.24, 2.45) is 0 Å². The summed E-state index contributed by atoms with van der Waals surface area (Å²) in [6, 6.07) is 0. The third kappa shape index (κ3) is 59.3. The summed E-state index contributed by atoms with van der Waals surface area (Å²) < 4.78 is 34.0. The predicted octanol–water partition coefficient (Wildman–Crippen LogP) is 14.4. The van der Waals surface area contributed by atoms with E-state index in [9.17, 15) is 14.4 Å². The molecule has 0 unspecified atom stereocenters. The maximum absolute atomic E-state index is 12.7. The van der Waals surface area contributed by atoms with Crippen LogP contribution in [0.1, 0.15) is 265 Å². The molecule has 12 heteroatoms. The topological polar surface area (TPSA) is 125 Å². The lowest BCUT2D eigenvalue weighted by Gasteiger charge is -2.23. The molecule has 73 heavy (non-hydrogen) atoms. The van der Waals surface area contributed by atoms with Crippen molar-refractivity contribution in [1.29, 1.82) is 0 Å². The minimum atomic E-state index is -0.163. The molecule has 0 atom stereocenters. The van der Waals surface area contributed by atoms with Crippen LogP contribution in [-0.2, 0) is 42.8 Å². The zero-order valence-corrected chi connectivity index (χ0v) is 48.8. The lowest BCUT2D eigenvalue weighted by Crippen LogP contribution is -2.33. The number of carbonyl (C=O) groups is 3. The quantitative estimate of drug-likeness (QED) is 0.0354. The van der Waals surface area contributed by atoms with Gasteiger partial charge in [-0.25, -0.2) is 0 Å². The number of rotatable bonds is 62. The van der Waals surface area contributed by atoms with Crippen molar-refractivity contribution in [1.82, 2.24) is 15.1 Å². The Hall–Kier alpha value is -1.83. The van der Waals surface area contributed by atoms with Crippen LogP contribution in [-0.4, -0.2) is 140 Å². The molecule has 12 nitrogen and oxygen atoms in total. The van der Waals surface area contributed by atoms with E-state index in [1.807, 2.05) is 0 Å². The van der Waals surface area contributed by atoms with Crippen molar-refractivity contribution < 1.29 is 42.8 Å². The molecule has 0 amide bonds. The first-order chi connectivity index (χ1) is 35.9. The number of ether oxygens (including phenoxy) is 6. The molecule has 0 radical (unpaired) electrons. The zero-order valence-electron chi connectivity index (χ0n) is 48.8. The van der Waals surface area contributed by atoms with Crippen LogP contribution in [0.4, 0.5) is 0 Å². The first-order valence-corrected chi connectivity index (χ1v) is 31.2. The monoisotopic (exact) mass is 1040 g/mol. The van der Waals surface area contributed by atoms with Gasteiger partial charge in [0.25, 0.3) is 0 Å². The number of hydrogen-bond donors (Lipinski definition) is 1. The van der Waals surface area contributed by atoms with Crippen molar-refractivity contribution in [3.63, 3.8) is 0 Å². The van der Waals surface area contributed by atoms with E-state index in [2.05, 4.69) is 42.9 Å². The summed E-state index contributed by atoms with van der Waals surface area (Å²) in [4.78, 5) is 42.3. The highest BCUT2D eigenvalue weighted by Gasteiger charge is 2.13. The van der Waals surface area contributed by atoms with Crippen LogP contribution in [0.25, 0.3) is 0 Å². The Kier molecular flexibility index (Phi) is 59.5. The molecule has 0 saturated carbocycles. The van der Waals surface area contributed by atoms with Gasteiger partial charge in [-0.15, -0.1) is 0 Å². The van der Waals surface area contributed by atoms with E-state index in [-0.39, 0.29) is 17.9 Å². The van der Waals surface area contributed by atoms with E-state index in [0.717, 1.165) is 149 Å². The Balaban J connectivity index is 4.28. The lowest BCUT2D eigenvalue weighted by molar-refractivity contribution is -0.145. The molecule has 0 fully saturated rings. The summed E-state index contributed by atoms with van der Waals surface area (Å²) in [5.41, 5.74) is 0. The highest BCUT2D eigenvalue weighted by Crippen LogP contribution is 2.11. The predicted molar refractivity (Wildman–Crippen MR) is 305 cm³/mol. The van der Waals surface area contributed by atoms with Crippen molar-refractivity contribution in [2.45, 2.75) is 265 Å². The molecule has 434 valence electrons. The summed E-state index contributed by atoms with van der Waals surface area (Å²) in [7, 11) is 2.14. The van der Waals surface area contributed by atoms with Crippen LogP contribution in [0.5, 0.6) is 0 Å². The average Bonchev–Trinajstić information content (AvgIpc) is 3.39. The second-order valence-electron chi connectivity index (χ2n) is 21.0. The molecule has 0 aromatic heterocycles. The van der Waals surface area contributed by atoms with Crippen LogP contribution in [0.3, 0.4) is 0 Å². The Morgan fingerprint density at radius 3 is 0.932 bits per heavy atom. The third-order valence-electron chi connectivity index (χ3n) is 13.7. The Morgan fingerprint density at radius 1 is 0.301 bits per heavy atom. The van der Waals surface area contributed by atoms with Gasteiger partial charge in [0.2, 0.25) is 0 Å². The van der Waals surface area contributed by atoms with E-state index in [1.54, 1.807) is 0 Å². The second-order valence-corrected chi connectivity index (χ2v) is 21.0. The van der Waals surface area contributed by atoms with Crippen molar-refractivity contribution in [2.75, 3.05) is 112 Å². The van der Waals surface area contributed by atoms with Gasteiger partial charge in [0.05, 0.1) is 39.1 Å². The summed E-state index contributed by atoms with van der Waals surface area (Å²) in [6.07, 6.45) is 42.3. The molecule has 0 heterocycles.